The first-order valence-electron chi connectivity index (χ1n) is 10.2. The predicted octanol–water partition coefficient (Wildman–Crippen LogP) is 5.04. The highest BCUT2D eigenvalue weighted by molar-refractivity contribution is 5.98. The third-order valence-electron chi connectivity index (χ3n) is 5.91. The maximum Gasteiger partial charge on any atom is 0.352 e. The van der Waals surface area contributed by atoms with Crippen molar-refractivity contribution in [2.24, 2.45) is 0 Å². The van der Waals surface area contributed by atoms with Crippen molar-refractivity contribution >= 4 is 16.9 Å². The van der Waals surface area contributed by atoms with Gasteiger partial charge in [0, 0.05) is 35.6 Å². The van der Waals surface area contributed by atoms with Gasteiger partial charge in [-0.25, -0.2) is 4.79 Å². The second-order valence-electron chi connectivity index (χ2n) is 8.09. The van der Waals surface area contributed by atoms with Crippen LogP contribution in [0.2, 0.25) is 0 Å². The summed E-state index contributed by atoms with van der Waals surface area (Å²) in [5.74, 6) is -0.857. The van der Waals surface area contributed by atoms with Gasteiger partial charge in [-0.3, -0.25) is 0 Å². The van der Waals surface area contributed by atoms with Gasteiger partial charge in [-0.15, -0.1) is 0 Å². The van der Waals surface area contributed by atoms with E-state index in [0.717, 1.165) is 27.6 Å². The van der Waals surface area contributed by atoms with Gasteiger partial charge in [-0.05, 0) is 43.9 Å². The average Bonchev–Trinajstić information content (AvgIpc) is 3.28. The molecular formula is C24H28N2O2. The minimum absolute atomic E-state index is 0.409. The molecule has 0 radical (unpaired) electrons. The van der Waals surface area contributed by atoms with Crippen LogP contribution in [0.4, 0.5) is 0 Å². The Morgan fingerprint density at radius 1 is 1.07 bits per heavy atom. The summed E-state index contributed by atoms with van der Waals surface area (Å²) in [6.45, 7) is 5.28. The van der Waals surface area contributed by atoms with E-state index in [4.69, 9.17) is 0 Å². The number of carboxylic acid groups (broad SMARTS) is 1. The van der Waals surface area contributed by atoms with Gasteiger partial charge in [0.2, 0.25) is 0 Å². The Hall–Kier alpha value is -2.59. The molecule has 0 unspecified atom stereocenters. The molecule has 0 saturated heterocycles. The third kappa shape index (κ3) is 3.69. The molecule has 2 N–H and O–H groups in total. The molecule has 1 aromatic heterocycles. The highest BCUT2D eigenvalue weighted by atomic mass is 16.4. The first kappa shape index (κ1) is 18.8. The van der Waals surface area contributed by atoms with E-state index >= 15 is 0 Å². The monoisotopic (exact) mass is 376 g/mol. The van der Waals surface area contributed by atoms with Crippen molar-refractivity contribution < 1.29 is 9.90 Å². The molecule has 1 aliphatic rings. The number of carbonyl (C=O) groups is 1. The Morgan fingerprint density at radius 2 is 1.75 bits per heavy atom. The molecule has 0 bridgehead atoms. The van der Waals surface area contributed by atoms with E-state index in [1.807, 2.05) is 4.57 Å². The van der Waals surface area contributed by atoms with Crippen LogP contribution in [0.5, 0.6) is 0 Å². The van der Waals surface area contributed by atoms with Crippen LogP contribution in [0.3, 0.4) is 0 Å². The van der Waals surface area contributed by atoms with Gasteiger partial charge < -0.3 is 15.0 Å². The molecule has 1 fully saturated rings. The molecule has 0 aliphatic heterocycles. The molecule has 1 heterocycles. The van der Waals surface area contributed by atoms with Crippen LogP contribution in [0, 0.1) is 13.8 Å². The van der Waals surface area contributed by atoms with E-state index in [1.165, 1.54) is 31.2 Å². The third-order valence-corrected chi connectivity index (χ3v) is 5.91. The zero-order valence-corrected chi connectivity index (χ0v) is 16.7. The number of benzene rings is 2. The lowest BCUT2D eigenvalue weighted by Crippen LogP contribution is -2.26. The van der Waals surface area contributed by atoms with E-state index in [-0.39, 0.29) is 0 Å². The van der Waals surface area contributed by atoms with Gasteiger partial charge in [0.1, 0.15) is 5.69 Å². The Labute approximate surface area is 166 Å². The fourth-order valence-electron chi connectivity index (χ4n) is 4.37. The predicted molar refractivity (Wildman–Crippen MR) is 113 cm³/mol. The number of hydrogen-bond donors (Lipinski definition) is 2. The van der Waals surface area contributed by atoms with Crippen LogP contribution in [0.25, 0.3) is 10.9 Å². The topological polar surface area (TPSA) is 54.3 Å². The molecule has 3 aromatic rings. The number of fused-ring (bicyclic) bond motifs is 1. The summed E-state index contributed by atoms with van der Waals surface area (Å²) >= 11 is 0. The van der Waals surface area contributed by atoms with E-state index < -0.39 is 5.97 Å². The van der Waals surface area contributed by atoms with Gasteiger partial charge in [0.05, 0.1) is 0 Å². The van der Waals surface area contributed by atoms with Crippen LogP contribution in [-0.2, 0) is 13.1 Å². The van der Waals surface area contributed by atoms with E-state index in [9.17, 15) is 9.90 Å². The second-order valence-corrected chi connectivity index (χ2v) is 8.09. The van der Waals surface area contributed by atoms with E-state index in [0.29, 0.717) is 24.8 Å². The highest BCUT2D eigenvalue weighted by Crippen LogP contribution is 2.29. The van der Waals surface area contributed by atoms with Gasteiger partial charge >= 0.3 is 5.97 Å². The largest absolute Gasteiger partial charge is 0.477 e. The second kappa shape index (κ2) is 7.80. The number of nitrogens with zero attached hydrogens (tertiary/aromatic N) is 1. The van der Waals surface area contributed by atoms with Gasteiger partial charge in [-0.2, -0.15) is 0 Å². The molecule has 2 aromatic carbocycles. The molecular weight excluding hydrogens is 348 g/mol. The SMILES string of the molecule is Cc1ccc(Cn2c(C(=O)O)c(CNC3CCCC3)c3ccc(C)cc32)cc1. The maximum atomic E-state index is 12.3. The van der Waals surface area contributed by atoms with Crippen LogP contribution < -0.4 is 5.32 Å². The van der Waals surface area contributed by atoms with Gasteiger partial charge in [0.25, 0.3) is 0 Å². The molecule has 1 aliphatic carbocycles. The van der Waals surface area contributed by atoms with Crippen molar-refractivity contribution in [2.45, 2.75) is 58.7 Å². The number of aryl methyl sites for hydroxylation is 2. The summed E-state index contributed by atoms with van der Waals surface area (Å²) in [4.78, 5) is 12.3. The lowest BCUT2D eigenvalue weighted by atomic mass is 10.1. The fraction of sp³-hybridized carbons (Fsp3) is 0.375. The molecule has 4 heteroatoms. The molecule has 0 spiro atoms. The normalized spacial score (nSPS) is 14.8. The first-order valence-corrected chi connectivity index (χ1v) is 10.2. The van der Waals surface area contributed by atoms with Crippen LogP contribution in [0.15, 0.2) is 42.5 Å². The van der Waals surface area contributed by atoms with Crippen molar-refractivity contribution in [3.63, 3.8) is 0 Å². The molecule has 146 valence electrons. The zero-order chi connectivity index (χ0) is 19.7. The number of hydrogen-bond acceptors (Lipinski definition) is 2. The Morgan fingerprint density at radius 3 is 2.43 bits per heavy atom. The van der Waals surface area contributed by atoms with Crippen LogP contribution >= 0.6 is 0 Å². The quantitative estimate of drug-likeness (QED) is 0.634. The fourth-order valence-corrected chi connectivity index (χ4v) is 4.37. The van der Waals surface area contributed by atoms with Crippen molar-refractivity contribution in [2.75, 3.05) is 0 Å². The molecule has 1 saturated carbocycles. The summed E-state index contributed by atoms with van der Waals surface area (Å²) in [6.07, 6.45) is 4.89. The number of rotatable bonds is 6. The lowest BCUT2D eigenvalue weighted by molar-refractivity contribution is 0.0684. The number of nitrogens with one attached hydrogen (secondary N) is 1. The smallest absolute Gasteiger partial charge is 0.352 e. The van der Waals surface area contributed by atoms with Crippen LogP contribution in [-0.4, -0.2) is 21.7 Å². The minimum atomic E-state index is -0.857. The molecule has 0 atom stereocenters. The van der Waals surface area contributed by atoms with Crippen LogP contribution in [0.1, 0.15) is 58.4 Å². The number of aromatic nitrogens is 1. The summed E-state index contributed by atoms with van der Waals surface area (Å²) in [5.41, 5.74) is 5.77. The first-order chi connectivity index (χ1) is 13.5. The molecule has 28 heavy (non-hydrogen) atoms. The molecule has 0 amide bonds. The Balaban J connectivity index is 1.79. The van der Waals surface area contributed by atoms with Crippen molar-refractivity contribution in [1.82, 2.24) is 9.88 Å². The number of carboxylic acids is 1. The summed E-state index contributed by atoms with van der Waals surface area (Å²) in [5, 5.41) is 14.7. The van der Waals surface area contributed by atoms with Gasteiger partial charge in [-0.1, -0.05) is 54.8 Å². The maximum absolute atomic E-state index is 12.3. The van der Waals surface area contributed by atoms with Crippen molar-refractivity contribution in [1.29, 1.82) is 0 Å². The Kier molecular flexibility index (Phi) is 5.23. The molecule has 4 nitrogen and oxygen atoms in total. The summed E-state index contributed by atoms with van der Waals surface area (Å²) < 4.78 is 1.97. The van der Waals surface area contributed by atoms with Crippen molar-refractivity contribution in [3.8, 4) is 0 Å². The Bertz CT molecular complexity index is 996. The average molecular weight is 377 g/mol. The van der Waals surface area contributed by atoms with Crippen molar-refractivity contribution in [3.05, 3.63) is 70.4 Å². The summed E-state index contributed by atoms with van der Waals surface area (Å²) in [7, 11) is 0. The molecule has 4 rings (SSSR count). The van der Waals surface area contributed by atoms with Gasteiger partial charge in [0.15, 0.2) is 0 Å². The number of aromatic carboxylic acids is 1. The minimum Gasteiger partial charge on any atom is -0.477 e. The zero-order valence-electron chi connectivity index (χ0n) is 16.7. The van der Waals surface area contributed by atoms with E-state index in [2.05, 4.69) is 61.6 Å². The lowest BCUT2D eigenvalue weighted by Gasteiger charge is -2.13. The standard InChI is InChI=1S/C24H28N2O2/c1-16-7-10-18(11-8-16)15-26-22-13-17(2)9-12-20(22)21(23(26)24(27)28)14-25-19-5-3-4-6-19/h7-13,19,25H,3-6,14-15H2,1-2H3,(H,27,28). The summed E-state index contributed by atoms with van der Waals surface area (Å²) in [6, 6.07) is 15.1. The highest BCUT2D eigenvalue weighted by Gasteiger charge is 2.24. The van der Waals surface area contributed by atoms with E-state index in [1.54, 1.807) is 0 Å².